The number of nitrogens with zero attached hydrogens (tertiary/aromatic N) is 4. The number of ether oxygens (including phenoxy) is 2. The number of para-hydroxylation sites is 2. The lowest BCUT2D eigenvalue weighted by Gasteiger charge is -2.31. The summed E-state index contributed by atoms with van der Waals surface area (Å²) in [6.45, 7) is 7.30. The predicted molar refractivity (Wildman–Crippen MR) is 136 cm³/mol. The van der Waals surface area contributed by atoms with Crippen LogP contribution in [0.4, 0.5) is 0 Å². The number of fused-ring (bicyclic) bond motifs is 1. The molecule has 2 aliphatic rings. The van der Waals surface area contributed by atoms with Gasteiger partial charge in [0.25, 0.3) is 0 Å². The van der Waals surface area contributed by atoms with Crippen LogP contribution in [0.15, 0.2) is 24.3 Å². The largest absolute Gasteiger partial charge is 0.493 e. The monoisotopic (exact) mass is 495 g/mol. The number of nitrogens with one attached hydrogen (secondary N) is 1. The van der Waals surface area contributed by atoms with Gasteiger partial charge in [-0.1, -0.05) is 12.1 Å². The van der Waals surface area contributed by atoms with Gasteiger partial charge < -0.3 is 19.6 Å². The number of aromatic hydroxyl groups is 1. The molecule has 0 radical (unpaired) electrons. The van der Waals surface area contributed by atoms with Gasteiger partial charge in [0.05, 0.1) is 29.4 Å². The molecular formula is C27H37N5O4. The second-order valence-electron chi connectivity index (χ2n) is 10.4. The van der Waals surface area contributed by atoms with Crippen LogP contribution in [-0.2, 0) is 20.7 Å². The Morgan fingerprint density at radius 2 is 1.94 bits per heavy atom. The number of hydrogen-bond donors (Lipinski definition) is 2. The Balaban J connectivity index is 1.36. The normalized spacial score (nSPS) is 18.3. The average Bonchev–Trinajstić information content (AvgIpc) is 3.44. The zero-order chi connectivity index (χ0) is 25.1. The maximum absolute atomic E-state index is 12.1. The average molecular weight is 496 g/mol. The van der Waals surface area contributed by atoms with Crippen molar-refractivity contribution in [1.29, 1.82) is 0 Å². The number of carbonyl (C=O) groups excluding carboxylic acids is 1. The van der Waals surface area contributed by atoms with Crippen molar-refractivity contribution < 1.29 is 19.4 Å². The van der Waals surface area contributed by atoms with E-state index in [2.05, 4.69) is 14.9 Å². The van der Waals surface area contributed by atoms with Crippen molar-refractivity contribution in [2.45, 2.75) is 64.4 Å². The highest BCUT2D eigenvalue weighted by atomic mass is 16.5. The summed E-state index contributed by atoms with van der Waals surface area (Å²) in [6.07, 6.45) is 5.60. The molecule has 0 bridgehead atoms. The van der Waals surface area contributed by atoms with Gasteiger partial charge in [-0.2, -0.15) is 9.78 Å². The van der Waals surface area contributed by atoms with E-state index in [1.807, 2.05) is 38.1 Å². The Kier molecular flexibility index (Phi) is 7.57. The number of H-pyrrole nitrogens is 1. The molecule has 36 heavy (non-hydrogen) atoms. The smallest absolute Gasteiger partial charge is 0.320 e. The molecular weight excluding hydrogens is 458 g/mol. The molecule has 1 aromatic carbocycles. The third kappa shape index (κ3) is 5.57. The molecule has 5 rings (SSSR count). The van der Waals surface area contributed by atoms with Gasteiger partial charge in [0.15, 0.2) is 0 Å². The summed E-state index contributed by atoms with van der Waals surface area (Å²) in [7, 11) is 0. The van der Waals surface area contributed by atoms with Crippen LogP contribution in [0.25, 0.3) is 17.0 Å². The number of rotatable bonds is 8. The molecule has 0 spiro atoms. The Morgan fingerprint density at radius 1 is 1.19 bits per heavy atom. The van der Waals surface area contributed by atoms with Crippen molar-refractivity contribution in [1.82, 2.24) is 24.6 Å². The summed E-state index contributed by atoms with van der Waals surface area (Å²) in [6, 6.07) is 7.83. The van der Waals surface area contributed by atoms with E-state index in [0.717, 1.165) is 87.1 Å². The second kappa shape index (κ2) is 11.0. The van der Waals surface area contributed by atoms with Crippen molar-refractivity contribution in [3.63, 3.8) is 0 Å². The van der Waals surface area contributed by atoms with E-state index in [-0.39, 0.29) is 23.9 Å². The van der Waals surface area contributed by atoms with E-state index in [1.165, 1.54) is 0 Å². The van der Waals surface area contributed by atoms with Gasteiger partial charge in [-0.05, 0) is 83.5 Å². The quantitative estimate of drug-likeness (QED) is 0.456. The molecule has 0 aliphatic carbocycles. The lowest BCUT2D eigenvalue weighted by atomic mass is 9.87. The first-order valence-corrected chi connectivity index (χ1v) is 13.2. The summed E-state index contributed by atoms with van der Waals surface area (Å²) in [5, 5.41) is 16.3. The van der Waals surface area contributed by atoms with Crippen molar-refractivity contribution in [3.05, 3.63) is 35.5 Å². The van der Waals surface area contributed by atoms with Crippen LogP contribution in [0.2, 0.25) is 0 Å². The minimum absolute atomic E-state index is 0.0986. The molecule has 3 aromatic rings. The number of hydrogen-bond acceptors (Lipinski definition) is 7. The first-order chi connectivity index (χ1) is 17.5. The van der Waals surface area contributed by atoms with Gasteiger partial charge in [-0.3, -0.25) is 9.69 Å². The third-order valence-corrected chi connectivity index (χ3v) is 7.40. The fraction of sp³-hybridized carbons (Fsp3) is 0.593. The SMILES string of the molecule is CC(C)OC(=O)CN1CCC(c2nn(-c3nc4ccccc4[nH]3)c(O)c2CCC2CCOCC2)CC1. The Labute approximate surface area is 211 Å². The zero-order valence-corrected chi connectivity index (χ0v) is 21.3. The second-order valence-corrected chi connectivity index (χ2v) is 10.4. The van der Waals surface area contributed by atoms with E-state index in [0.29, 0.717) is 18.4 Å². The molecule has 2 fully saturated rings. The topological polar surface area (TPSA) is 106 Å². The van der Waals surface area contributed by atoms with Crippen LogP contribution >= 0.6 is 0 Å². The number of piperidine rings is 1. The molecule has 9 nitrogen and oxygen atoms in total. The van der Waals surface area contributed by atoms with Gasteiger partial charge in [-0.25, -0.2) is 4.98 Å². The number of aromatic amines is 1. The van der Waals surface area contributed by atoms with Crippen LogP contribution < -0.4 is 0 Å². The van der Waals surface area contributed by atoms with E-state index in [4.69, 9.17) is 14.6 Å². The molecule has 0 amide bonds. The highest BCUT2D eigenvalue weighted by Gasteiger charge is 2.30. The van der Waals surface area contributed by atoms with E-state index in [9.17, 15) is 9.90 Å². The van der Waals surface area contributed by atoms with Gasteiger partial charge in [0, 0.05) is 24.7 Å². The molecule has 9 heteroatoms. The minimum atomic E-state index is -0.174. The lowest BCUT2D eigenvalue weighted by molar-refractivity contribution is -0.148. The highest BCUT2D eigenvalue weighted by Crippen LogP contribution is 2.36. The third-order valence-electron chi connectivity index (χ3n) is 7.40. The standard InChI is InChI=1S/C27H37N5O4/c1-18(2)36-24(33)17-31-13-9-20(10-14-31)25-21(8-7-19-11-15-35-16-12-19)26(34)32(30-25)27-28-22-5-3-4-6-23(22)29-27/h3-6,18-20,34H,7-17H2,1-2H3,(H,28,29). The molecule has 2 aromatic heterocycles. The minimum Gasteiger partial charge on any atom is -0.493 e. The zero-order valence-electron chi connectivity index (χ0n) is 21.3. The van der Waals surface area contributed by atoms with Crippen LogP contribution in [-0.4, -0.2) is 74.7 Å². The predicted octanol–water partition coefficient (Wildman–Crippen LogP) is 3.94. The number of carbonyl (C=O) groups is 1. The number of esters is 1. The fourth-order valence-corrected chi connectivity index (χ4v) is 5.44. The molecule has 2 aliphatic heterocycles. The Hall–Kier alpha value is -2.91. The first kappa shape index (κ1) is 24.8. The van der Waals surface area contributed by atoms with Gasteiger partial charge in [-0.15, -0.1) is 0 Å². The van der Waals surface area contributed by atoms with E-state index < -0.39 is 0 Å². The van der Waals surface area contributed by atoms with Crippen LogP contribution in [0.5, 0.6) is 5.88 Å². The number of likely N-dealkylation sites (tertiary alicyclic amines) is 1. The van der Waals surface area contributed by atoms with E-state index >= 15 is 0 Å². The summed E-state index contributed by atoms with van der Waals surface area (Å²) in [4.78, 5) is 22.2. The molecule has 0 atom stereocenters. The van der Waals surface area contributed by atoms with Gasteiger partial charge >= 0.3 is 5.97 Å². The number of benzene rings is 1. The maximum atomic E-state index is 12.1. The summed E-state index contributed by atoms with van der Waals surface area (Å²) >= 11 is 0. The van der Waals surface area contributed by atoms with Crippen LogP contribution in [0.3, 0.4) is 0 Å². The summed E-state index contributed by atoms with van der Waals surface area (Å²) in [5.41, 5.74) is 3.65. The highest BCUT2D eigenvalue weighted by molar-refractivity contribution is 5.76. The van der Waals surface area contributed by atoms with Crippen LogP contribution in [0.1, 0.15) is 63.1 Å². The molecule has 194 valence electrons. The molecule has 2 N–H and O–H groups in total. The lowest BCUT2D eigenvalue weighted by Crippen LogP contribution is -2.38. The molecule has 0 unspecified atom stereocenters. The van der Waals surface area contributed by atoms with E-state index in [1.54, 1.807) is 4.68 Å². The Bertz CT molecular complexity index is 1140. The van der Waals surface area contributed by atoms with Crippen molar-refractivity contribution in [3.8, 4) is 11.8 Å². The number of aromatic nitrogens is 4. The first-order valence-electron chi connectivity index (χ1n) is 13.2. The number of imidazole rings is 1. The maximum Gasteiger partial charge on any atom is 0.320 e. The van der Waals surface area contributed by atoms with Crippen molar-refractivity contribution >= 4 is 17.0 Å². The summed E-state index contributed by atoms with van der Waals surface area (Å²) < 4.78 is 12.4. The molecule has 2 saturated heterocycles. The fourth-order valence-electron chi connectivity index (χ4n) is 5.44. The molecule has 4 heterocycles. The van der Waals surface area contributed by atoms with Crippen molar-refractivity contribution in [2.75, 3.05) is 32.8 Å². The van der Waals surface area contributed by atoms with Gasteiger partial charge in [0.1, 0.15) is 0 Å². The Morgan fingerprint density at radius 3 is 2.67 bits per heavy atom. The summed E-state index contributed by atoms with van der Waals surface area (Å²) in [5.74, 6) is 1.37. The van der Waals surface area contributed by atoms with Crippen molar-refractivity contribution in [2.24, 2.45) is 5.92 Å². The van der Waals surface area contributed by atoms with Crippen LogP contribution in [0, 0.1) is 5.92 Å². The van der Waals surface area contributed by atoms with Gasteiger partial charge in [0.2, 0.25) is 11.8 Å². The molecule has 0 saturated carbocycles.